The first-order valence-corrected chi connectivity index (χ1v) is 8.54. The molecule has 4 nitrogen and oxygen atoms in total. The molecule has 23 heavy (non-hydrogen) atoms. The predicted octanol–water partition coefficient (Wildman–Crippen LogP) is 3.54. The van der Waals surface area contributed by atoms with E-state index in [0.717, 1.165) is 54.5 Å². The number of benzene rings is 1. The maximum Gasteiger partial charge on any atom is 0.339 e. The highest BCUT2D eigenvalue weighted by Crippen LogP contribution is 2.37. The van der Waals surface area contributed by atoms with Gasteiger partial charge in [0.15, 0.2) is 0 Å². The molecule has 1 aromatic carbocycles. The van der Waals surface area contributed by atoms with Crippen molar-refractivity contribution in [3.05, 3.63) is 38.7 Å². The lowest BCUT2D eigenvalue weighted by atomic mass is 9.89. The zero-order chi connectivity index (χ0) is 16.1. The van der Waals surface area contributed by atoms with Gasteiger partial charge in [0, 0.05) is 34.7 Å². The number of nitrogens with zero attached hydrogens (tertiary/aromatic N) is 1. The number of hydrogen-bond donors (Lipinski definition) is 0. The first-order chi connectivity index (χ1) is 11.1. The van der Waals surface area contributed by atoms with E-state index >= 15 is 0 Å². The monoisotopic (exact) mass is 313 g/mol. The van der Waals surface area contributed by atoms with Crippen LogP contribution in [0.2, 0.25) is 0 Å². The van der Waals surface area contributed by atoms with Gasteiger partial charge in [-0.05, 0) is 58.1 Å². The lowest BCUT2D eigenvalue weighted by molar-refractivity contribution is 0.0681. The summed E-state index contributed by atoms with van der Waals surface area (Å²) in [5.41, 5.74) is 4.82. The molecule has 0 saturated carbocycles. The second-order valence-electron chi connectivity index (χ2n) is 7.03. The van der Waals surface area contributed by atoms with Crippen LogP contribution in [0.25, 0.3) is 11.0 Å². The van der Waals surface area contributed by atoms with Crippen molar-refractivity contribution < 1.29 is 9.15 Å². The van der Waals surface area contributed by atoms with Crippen molar-refractivity contribution in [2.24, 2.45) is 0 Å². The molecule has 0 radical (unpaired) electrons. The molecule has 0 N–H and O–H groups in total. The molecular weight excluding hydrogens is 290 g/mol. The van der Waals surface area contributed by atoms with E-state index in [1.54, 1.807) is 0 Å². The maximum atomic E-state index is 12.3. The minimum Gasteiger partial charge on any atom is -0.477 e. The molecule has 0 amide bonds. The van der Waals surface area contributed by atoms with Crippen molar-refractivity contribution >= 4 is 11.0 Å². The van der Waals surface area contributed by atoms with E-state index in [1.807, 2.05) is 6.92 Å². The highest BCUT2D eigenvalue weighted by Gasteiger charge is 2.26. The zero-order valence-electron chi connectivity index (χ0n) is 14.1. The van der Waals surface area contributed by atoms with Crippen LogP contribution in [-0.2, 0) is 19.4 Å². The zero-order valence-corrected chi connectivity index (χ0v) is 14.1. The Kier molecular flexibility index (Phi) is 3.45. The average molecular weight is 313 g/mol. The standard InChI is InChI=1S/C19H23NO3/c1-11(2)20-9-13-8-16-14-6-4-5-7-15(14)19(21)23-18(16)12(3)17(13)22-10-20/h8,11H,4-7,9-10H2,1-3H3. The quantitative estimate of drug-likeness (QED) is 0.755. The normalized spacial score (nSPS) is 17.9. The molecule has 4 rings (SSSR count). The van der Waals surface area contributed by atoms with Gasteiger partial charge in [-0.15, -0.1) is 0 Å². The van der Waals surface area contributed by atoms with Gasteiger partial charge in [-0.1, -0.05) is 0 Å². The van der Waals surface area contributed by atoms with Crippen LogP contribution in [-0.4, -0.2) is 17.7 Å². The van der Waals surface area contributed by atoms with E-state index in [4.69, 9.17) is 9.15 Å². The minimum absolute atomic E-state index is 0.158. The van der Waals surface area contributed by atoms with Gasteiger partial charge in [0.1, 0.15) is 18.1 Å². The van der Waals surface area contributed by atoms with Gasteiger partial charge in [-0.3, -0.25) is 4.90 Å². The van der Waals surface area contributed by atoms with Crippen LogP contribution in [0.15, 0.2) is 15.3 Å². The summed E-state index contributed by atoms with van der Waals surface area (Å²) in [6, 6.07) is 2.64. The van der Waals surface area contributed by atoms with Crippen molar-refractivity contribution in [2.45, 2.75) is 59.0 Å². The molecule has 1 aromatic heterocycles. The Morgan fingerprint density at radius 2 is 1.91 bits per heavy atom. The van der Waals surface area contributed by atoms with Crippen LogP contribution in [0.4, 0.5) is 0 Å². The largest absolute Gasteiger partial charge is 0.477 e. The molecule has 1 aliphatic carbocycles. The lowest BCUT2D eigenvalue weighted by Crippen LogP contribution is -2.37. The number of aryl methyl sites for hydroxylation is 2. The van der Waals surface area contributed by atoms with Gasteiger partial charge in [-0.25, -0.2) is 4.79 Å². The van der Waals surface area contributed by atoms with Gasteiger partial charge in [0.2, 0.25) is 0 Å². The third kappa shape index (κ3) is 2.27. The summed E-state index contributed by atoms with van der Waals surface area (Å²) in [6.45, 7) is 7.85. The van der Waals surface area contributed by atoms with E-state index in [1.165, 1.54) is 11.1 Å². The topological polar surface area (TPSA) is 42.7 Å². The van der Waals surface area contributed by atoms with E-state index in [-0.39, 0.29) is 5.63 Å². The van der Waals surface area contributed by atoms with Crippen LogP contribution in [0.1, 0.15) is 48.9 Å². The Labute approximate surface area is 136 Å². The molecule has 0 unspecified atom stereocenters. The van der Waals surface area contributed by atoms with Crippen LogP contribution in [0.3, 0.4) is 0 Å². The fourth-order valence-corrected chi connectivity index (χ4v) is 3.85. The summed E-state index contributed by atoms with van der Waals surface area (Å²) in [4.78, 5) is 14.6. The first kappa shape index (κ1) is 14.8. The summed E-state index contributed by atoms with van der Waals surface area (Å²) < 4.78 is 11.7. The van der Waals surface area contributed by atoms with Gasteiger partial charge in [0.05, 0.1) is 0 Å². The molecule has 4 heteroatoms. The molecule has 2 aromatic rings. The Hall–Kier alpha value is -1.81. The van der Waals surface area contributed by atoms with E-state index in [0.29, 0.717) is 18.4 Å². The summed E-state index contributed by atoms with van der Waals surface area (Å²) >= 11 is 0. The van der Waals surface area contributed by atoms with Crippen LogP contribution >= 0.6 is 0 Å². The Balaban J connectivity index is 1.96. The average Bonchev–Trinajstić information content (AvgIpc) is 2.56. The van der Waals surface area contributed by atoms with Gasteiger partial charge < -0.3 is 9.15 Å². The predicted molar refractivity (Wildman–Crippen MR) is 90.0 cm³/mol. The number of rotatable bonds is 1. The molecule has 0 saturated heterocycles. The third-order valence-electron chi connectivity index (χ3n) is 5.25. The molecule has 2 aliphatic rings. The molecular formula is C19H23NO3. The van der Waals surface area contributed by atoms with Gasteiger partial charge in [-0.2, -0.15) is 0 Å². The van der Waals surface area contributed by atoms with Crippen LogP contribution < -0.4 is 10.4 Å². The second-order valence-corrected chi connectivity index (χ2v) is 7.03. The lowest BCUT2D eigenvalue weighted by Gasteiger charge is -2.33. The van der Waals surface area contributed by atoms with Crippen molar-refractivity contribution in [1.82, 2.24) is 4.90 Å². The summed E-state index contributed by atoms with van der Waals surface area (Å²) in [5, 5.41) is 1.12. The molecule has 0 atom stereocenters. The van der Waals surface area contributed by atoms with E-state index < -0.39 is 0 Å². The molecule has 0 fully saturated rings. The minimum atomic E-state index is -0.158. The third-order valence-corrected chi connectivity index (χ3v) is 5.25. The molecule has 1 aliphatic heterocycles. The number of hydrogen-bond acceptors (Lipinski definition) is 4. The van der Waals surface area contributed by atoms with Crippen molar-refractivity contribution in [1.29, 1.82) is 0 Å². The SMILES string of the molecule is Cc1c2c(cc3c4c(c(=O)oc13)CCCC4)CN(C(C)C)CO2. The fourth-order valence-electron chi connectivity index (χ4n) is 3.85. The van der Waals surface area contributed by atoms with Crippen molar-refractivity contribution in [2.75, 3.05) is 6.73 Å². The van der Waals surface area contributed by atoms with Gasteiger partial charge >= 0.3 is 5.63 Å². The Morgan fingerprint density at radius 3 is 2.65 bits per heavy atom. The second kappa shape index (κ2) is 5.38. The molecule has 2 heterocycles. The molecule has 0 bridgehead atoms. The maximum absolute atomic E-state index is 12.3. The van der Waals surface area contributed by atoms with E-state index in [2.05, 4.69) is 24.8 Å². The Morgan fingerprint density at radius 1 is 1.17 bits per heavy atom. The summed E-state index contributed by atoms with van der Waals surface area (Å²) in [6.07, 6.45) is 4.05. The van der Waals surface area contributed by atoms with Crippen molar-refractivity contribution in [3.8, 4) is 5.75 Å². The first-order valence-electron chi connectivity index (χ1n) is 8.54. The number of fused-ring (bicyclic) bond motifs is 4. The summed E-state index contributed by atoms with van der Waals surface area (Å²) in [7, 11) is 0. The van der Waals surface area contributed by atoms with Crippen molar-refractivity contribution in [3.63, 3.8) is 0 Å². The summed E-state index contributed by atoms with van der Waals surface area (Å²) in [5.74, 6) is 0.897. The Bertz CT molecular complexity index is 835. The molecule has 122 valence electrons. The van der Waals surface area contributed by atoms with Crippen LogP contribution in [0, 0.1) is 6.92 Å². The number of ether oxygens (including phenoxy) is 1. The van der Waals surface area contributed by atoms with E-state index in [9.17, 15) is 4.79 Å². The smallest absolute Gasteiger partial charge is 0.339 e. The van der Waals surface area contributed by atoms with Crippen LogP contribution in [0.5, 0.6) is 5.75 Å². The fraction of sp³-hybridized carbons (Fsp3) is 0.526. The van der Waals surface area contributed by atoms with Gasteiger partial charge in [0.25, 0.3) is 0 Å². The highest BCUT2D eigenvalue weighted by molar-refractivity contribution is 5.87. The molecule has 0 spiro atoms. The highest BCUT2D eigenvalue weighted by atomic mass is 16.5.